The zero-order valence-corrected chi connectivity index (χ0v) is 13.0. The topological polar surface area (TPSA) is 44.0 Å². The third-order valence-corrected chi connectivity index (χ3v) is 3.99. The number of nitrogens with zero attached hydrogens (tertiary/aromatic N) is 2. The van der Waals surface area contributed by atoms with Crippen molar-refractivity contribution >= 4 is 32.7 Å². The molecule has 106 valence electrons. The van der Waals surface area contributed by atoms with Crippen LogP contribution in [-0.4, -0.2) is 14.9 Å². The predicted molar refractivity (Wildman–Crippen MR) is 85.7 cm³/mol. The van der Waals surface area contributed by atoms with Gasteiger partial charge in [0.2, 0.25) is 0 Å². The van der Waals surface area contributed by atoms with Gasteiger partial charge in [-0.2, -0.15) is 0 Å². The highest BCUT2D eigenvalue weighted by molar-refractivity contribution is 9.10. The SMILES string of the molecule is Cn1c(=O)n(CC(=O)c2cccc(Br)c2)c2ccccc21. The van der Waals surface area contributed by atoms with Gasteiger partial charge in [-0.3, -0.25) is 13.9 Å². The van der Waals surface area contributed by atoms with Crippen molar-refractivity contribution in [2.45, 2.75) is 6.54 Å². The van der Waals surface area contributed by atoms with Crippen LogP contribution >= 0.6 is 15.9 Å². The van der Waals surface area contributed by atoms with Gasteiger partial charge in [0.1, 0.15) is 0 Å². The molecule has 0 N–H and O–H groups in total. The highest BCUT2D eigenvalue weighted by atomic mass is 79.9. The zero-order chi connectivity index (χ0) is 15.0. The monoisotopic (exact) mass is 344 g/mol. The largest absolute Gasteiger partial charge is 0.329 e. The minimum atomic E-state index is -0.181. The van der Waals surface area contributed by atoms with Crippen LogP contribution in [-0.2, 0) is 13.6 Å². The Hall–Kier alpha value is -2.14. The van der Waals surface area contributed by atoms with E-state index in [-0.39, 0.29) is 18.0 Å². The van der Waals surface area contributed by atoms with Gasteiger partial charge in [-0.05, 0) is 24.3 Å². The molecule has 0 unspecified atom stereocenters. The van der Waals surface area contributed by atoms with E-state index in [4.69, 9.17) is 0 Å². The number of Topliss-reactive ketones (excluding diaryl/α,β-unsaturated/α-hetero) is 1. The number of fused-ring (bicyclic) bond motifs is 1. The molecule has 3 aromatic rings. The van der Waals surface area contributed by atoms with Crippen molar-refractivity contribution in [1.29, 1.82) is 0 Å². The molecule has 1 aromatic heterocycles. The molecular formula is C16H13BrN2O2. The van der Waals surface area contributed by atoms with Gasteiger partial charge in [0.05, 0.1) is 17.6 Å². The highest BCUT2D eigenvalue weighted by Gasteiger charge is 2.14. The van der Waals surface area contributed by atoms with E-state index in [9.17, 15) is 9.59 Å². The average Bonchev–Trinajstić information content (AvgIpc) is 2.73. The quantitative estimate of drug-likeness (QED) is 0.685. The fourth-order valence-electron chi connectivity index (χ4n) is 2.41. The number of aromatic nitrogens is 2. The average molecular weight is 345 g/mol. The van der Waals surface area contributed by atoms with E-state index in [1.807, 2.05) is 36.4 Å². The van der Waals surface area contributed by atoms with E-state index >= 15 is 0 Å². The summed E-state index contributed by atoms with van der Waals surface area (Å²) in [4.78, 5) is 24.7. The Morgan fingerprint density at radius 3 is 2.52 bits per heavy atom. The molecule has 4 nitrogen and oxygen atoms in total. The number of halogens is 1. The number of carbonyl (C=O) groups excluding carboxylic acids is 1. The molecule has 2 aromatic carbocycles. The first-order valence-electron chi connectivity index (χ1n) is 6.51. The molecule has 0 fully saturated rings. The Balaban J connectivity index is 2.05. The number of imidazole rings is 1. The molecule has 21 heavy (non-hydrogen) atoms. The maximum absolute atomic E-state index is 12.4. The number of para-hydroxylation sites is 2. The van der Waals surface area contributed by atoms with Crippen molar-refractivity contribution in [3.8, 4) is 0 Å². The Labute approximate surface area is 129 Å². The van der Waals surface area contributed by atoms with Crippen molar-refractivity contribution in [2.24, 2.45) is 7.05 Å². The van der Waals surface area contributed by atoms with Gasteiger partial charge in [0.25, 0.3) is 0 Å². The van der Waals surface area contributed by atoms with Crippen molar-refractivity contribution < 1.29 is 4.79 Å². The first-order chi connectivity index (χ1) is 10.1. The molecule has 1 heterocycles. The number of rotatable bonds is 3. The van der Waals surface area contributed by atoms with Gasteiger partial charge in [-0.15, -0.1) is 0 Å². The number of hydrogen-bond acceptors (Lipinski definition) is 2. The molecule has 0 bridgehead atoms. The second-order valence-corrected chi connectivity index (χ2v) is 5.77. The molecule has 0 saturated carbocycles. The lowest BCUT2D eigenvalue weighted by Crippen LogP contribution is -2.25. The third kappa shape index (κ3) is 2.45. The van der Waals surface area contributed by atoms with E-state index in [0.717, 1.165) is 15.5 Å². The highest BCUT2D eigenvalue weighted by Crippen LogP contribution is 2.15. The van der Waals surface area contributed by atoms with Crippen molar-refractivity contribution in [2.75, 3.05) is 0 Å². The molecule has 0 aliphatic rings. The fourth-order valence-corrected chi connectivity index (χ4v) is 2.81. The Kier molecular flexibility index (Phi) is 3.51. The summed E-state index contributed by atoms with van der Waals surface area (Å²) in [5.74, 6) is -0.0882. The summed E-state index contributed by atoms with van der Waals surface area (Å²) in [5, 5.41) is 0. The molecule has 5 heteroatoms. The molecule has 0 spiro atoms. The molecule has 0 saturated heterocycles. The lowest BCUT2D eigenvalue weighted by atomic mass is 10.1. The van der Waals surface area contributed by atoms with E-state index < -0.39 is 0 Å². The van der Waals surface area contributed by atoms with Crippen molar-refractivity contribution in [3.05, 3.63) is 69.1 Å². The summed E-state index contributed by atoms with van der Waals surface area (Å²) in [7, 11) is 1.71. The lowest BCUT2D eigenvalue weighted by molar-refractivity contribution is 0.0972. The third-order valence-electron chi connectivity index (χ3n) is 3.50. The van der Waals surface area contributed by atoms with Gasteiger partial charge in [-0.1, -0.05) is 40.2 Å². The van der Waals surface area contributed by atoms with E-state index in [1.54, 1.807) is 23.7 Å². The number of hydrogen-bond donors (Lipinski definition) is 0. The first-order valence-corrected chi connectivity index (χ1v) is 7.30. The van der Waals surface area contributed by atoms with Crippen molar-refractivity contribution in [1.82, 2.24) is 9.13 Å². The zero-order valence-electron chi connectivity index (χ0n) is 11.4. The van der Waals surface area contributed by atoms with Crippen LogP contribution in [0.25, 0.3) is 11.0 Å². The van der Waals surface area contributed by atoms with Crippen LogP contribution in [0.4, 0.5) is 0 Å². The number of benzene rings is 2. The predicted octanol–water partition coefficient (Wildman–Crippen LogP) is 2.99. The standard InChI is InChI=1S/C16H13BrN2O2/c1-18-13-7-2-3-8-14(13)19(16(18)21)10-15(20)11-5-4-6-12(17)9-11/h2-9H,10H2,1H3. The molecule has 0 amide bonds. The van der Waals surface area contributed by atoms with Crippen LogP contribution < -0.4 is 5.69 Å². The van der Waals surface area contributed by atoms with Gasteiger partial charge in [0.15, 0.2) is 5.78 Å². The summed E-state index contributed by atoms with van der Waals surface area (Å²) in [6, 6.07) is 14.7. The second kappa shape index (κ2) is 5.33. The number of aryl methyl sites for hydroxylation is 1. The molecular weight excluding hydrogens is 332 g/mol. The Morgan fingerprint density at radius 1 is 1.10 bits per heavy atom. The maximum atomic E-state index is 12.4. The van der Waals surface area contributed by atoms with Crippen LogP contribution in [0.3, 0.4) is 0 Å². The van der Waals surface area contributed by atoms with Crippen LogP contribution in [0, 0.1) is 0 Å². The molecule has 0 atom stereocenters. The Bertz CT molecular complexity index is 893. The molecule has 0 radical (unpaired) electrons. The van der Waals surface area contributed by atoms with Gasteiger partial charge >= 0.3 is 5.69 Å². The van der Waals surface area contributed by atoms with Crippen molar-refractivity contribution in [3.63, 3.8) is 0 Å². The van der Waals surface area contributed by atoms with Crippen LogP contribution in [0.15, 0.2) is 57.8 Å². The first kappa shape index (κ1) is 13.8. The molecule has 3 rings (SSSR count). The van der Waals surface area contributed by atoms with Crippen LogP contribution in [0.1, 0.15) is 10.4 Å². The van der Waals surface area contributed by atoms with E-state index in [2.05, 4.69) is 15.9 Å². The molecule has 0 aliphatic heterocycles. The minimum Gasteiger partial charge on any atom is -0.295 e. The summed E-state index contributed by atoms with van der Waals surface area (Å²) in [6.45, 7) is 0.0383. The minimum absolute atomic E-state index is 0.0383. The normalized spacial score (nSPS) is 11.0. The Morgan fingerprint density at radius 2 is 1.81 bits per heavy atom. The van der Waals surface area contributed by atoms with E-state index in [1.165, 1.54) is 4.57 Å². The smallest absolute Gasteiger partial charge is 0.295 e. The lowest BCUT2D eigenvalue weighted by Gasteiger charge is -2.03. The number of carbonyl (C=O) groups is 1. The molecule has 0 aliphatic carbocycles. The second-order valence-electron chi connectivity index (χ2n) is 4.85. The van der Waals surface area contributed by atoms with Gasteiger partial charge < -0.3 is 0 Å². The summed E-state index contributed by atoms with van der Waals surface area (Å²) < 4.78 is 3.92. The summed E-state index contributed by atoms with van der Waals surface area (Å²) in [5.41, 5.74) is 2.00. The summed E-state index contributed by atoms with van der Waals surface area (Å²) in [6.07, 6.45) is 0. The van der Waals surface area contributed by atoms with Crippen LogP contribution in [0.5, 0.6) is 0 Å². The number of ketones is 1. The maximum Gasteiger partial charge on any atom is 0.329 e. The van der Waals surface area contributed by atoms with Gasteiger partial charge in [-0.25, -0.2) is 4.79 Å². The summed E-state index contributed by atoms with van der Waals surface area (Å²) >= 11 is 3.35. The van der Waals surface area contributed by atoms with Crippen LogP contribution in [0.2, 0.25) is 0 Å². The fraction of sp³-hybridized carbons (Fsp3) is 0.125. The van der Waals surface area contributed by atoms with Gasteiger partial charge in [0, 0.05) is 17.1 Å². The van der Waals surface area contributed by atoms with E-state index in [0.29, 0.717) is 5.56 Å².